The number of hydrogen-bond acceptors (Lipinski definition) is 7. The van der Waals surface area contributed by atoms with E-state index in [9.17, 15) is 18.0 Å². The van der Waals surface area contributed by atoms with Crippen LogP contribution in [0.5, 0.6) is 5.88 Å². The van der Waals surface area contributed by atoms with E-state index in [1.165, 1.54) is 25.1 Å². The summed E-state index contributed by atoms with van der Waals surface area (Å²) in [7, 11) is 4.42. The second-order valence-corrected chi connectivity index (χ2v) is 7.99. The first-order valence-corrected chi connectivity index (χ1v) is 10.1. The Bertz CT molecular complexity index is 1090. The van der Waals surface area contributed by atoms with E-state index >= 15 is 0 Å². The number of carbonyl (C=O) groups excluding carboxylic acids is 1. The van der Waals surface area contributed by atoms with Gasteiger partial charge in [-0.25, -0.2) is 18.8 Å². The van der Waals surface area contributed by atoms with Crippen molar-refractivity contribution in [3.05, 3.63) is 46.9 Å². The monoisotopic (exact) mass is 448 g/mol. The number of anilines is 1. The van der Waals surface area contributed by atoms with Gasteiger partial charge < -0.3 is 15.4 Å². The smallest absolute Gasteiger partial charge is 0.255 e. The zero-order valence-corrected chi connectivity index (χ0v) is 17.8. The van der Waals surface area contributed by atoms with Crippen molar-refractivity contribution in [2.75, 3.05) is 32.6 Å². The van der Waals surface area contributed by atoms with Crippen LogP contribution >= 0.6 is 0 Å². The lowest BCUT2D eigenvalue weighted by molar-refractivity contribution is -0.131. The molecule has 1 aromatic carbocycles. The van der Waals surface area contributed by atoms with Crippen LogP contribution in [-0.2, 0) is 4.79 Å². The highest BCUT2D eigenvalue weighted by Gasteiger charge is 2.40. The van der Waals surface area contributed by atoms with Crippen molar-refractivity contribution < 1.29 is 22.7 Å². The number of benzene rings is 1. The summed E-state index contributed by atoms with van der Waals surface area (Å²) in [5.74, 6) is -3.51. The Balaban J connectivity index is 1.69. The lowest BCUT2D eigenvalue weighted by Gasteiger charge is -2.35. The third kappa shape index (κ3) is 3.94. The molecule has 8 nitrogen and oxygen atoms in total. The molecule has 1 aliphatic carbocycles. The number of nitrogens with two attached hydrogens (primary N) is 1. The first kappa shape index (κ1) is 21.8. The quantitative estimate of drug-likeness (QED) is 0.729. The number of ether oxygens (including phenoxy) is 1. The number of rotatable bonds is 6. The van der Waals surface area contributed by atoms with E-state index in [4.69, 9.17) is 10.5 Å². The second-order valence-electron chi connectivity index (χ2n) is 7.99. The maximum Gasteiger partial charge on any atom is 0.255 e. The minimum absolute atomic E-state index is 0.00644. The van der Waals surface area contributed by atoms with Gasteiger partial charge in [-0.05, 0) is 18.9 Å². The van der Waals surface area contributed by atoms with Crippen molar-refractivity contribution >= 4 is 17.8 Å². The van der Waals surface area contributed by atoms with Gasteiger partial charge in [0.05, 0.1) is 24.8 Å². The molecule has 0 saturated heterocycles. The van der Waals surface area contributed by atoms with Crippen LogP contribution in [0.3, 0.4) is 0 Å². The summed E-state index contributed by atoms with van der Waals surface area (Å²) in [6, 6.07) is 2.11. The zero-order valence-electron chi connectivity index (χ0n) is 17.8. The van der Waals surface area contributed by atoms with Gasteiger partial charge in [0.25, 0.3) is 5.88 Å². The molecule has 0 spiro atoms. The number of amides is 1. The molecule has 1 aliphatic heterocycles. The summed E-state index contributed by atoms with van der Waals surface area (Å²) in [6.45, 7) is 0.0281. The standard InChI is InChI=1S/C21H23F3N6O2/c1-29(21-27-16(10-4-5-10)15(24)18(28-21)32-3)9-13-17(26-20(25)30(2)19(13)31)12-7-6-11(22)8-14(12)23/h6-8,10,13,17H,4-5,9H2,1-3H3,(H2,25,26)/t13-,17+/m1/s1. The molecule has 2 heterocycles. The fourth-order valence-corrected chi connectivity index (χ4v) is 3.76. The maximum absolute atomic E-state index is 14.5. The normalized spacial score (nSPS) is 20.9. The van der Waals surface area contributed by atoms with Crippen LogP contribution in [0.25, 0.3) is 0 Å². The van der Waals surface area contributed by atoms with Crippen molar-refractivity contribution in [2.24, 2.45) is 16.6 Å². The van der Waals surface area contributed by atoms with Crippen LogP contribution < -0.4 is 15.4 Å². The molecule has 1 aromatic heterocycles. The zero-order chi connectivity index (χ0) is 23.2. The molecule has 32 heavy (non-hydrogen) atoms. The first-order chi connectivity index (χ1) is 15.2. The third-order valence-electron chi connectivity index (χ3n) is 5.73. The van der Waals surface area contributed by atoms with E-state index < -0.39 is 35.3 Å². The number of hydrogen-bond donors (Lipinski definition) is 1. The van der Waals surface area contributed by atoms with Crippen LogP contribution in [0, 0.1) is 23.4 Å². The molecule has 0 radical (unpaired) electrons. The SMILES string of the molecule is COc1nc(N(C)C[C@H]2C(=O)N(C)C(N)=N[C@H]2c2ccc(F)cc2F)nc(C2CC2)c1F. The Kier molecular flexibility index (Phi) is 5.66. The Hall–Kier alpha value is -3.37. The molecule has 2 aromatic rings. The summed E-state index contributed by atoms with van der Waals surface area (Å²) in [5, 5.41) is 0. The van der Waals surface area contributed by atoms with Gasteiger partial charge in [0.1, 0.15) is 11.6 Å². The topological polar surface area (TPSA) is 96.9 Å². The molecule has 170 valence electrons. The summed E-state index contributed by atoms with van der Waals surface area (Å²) in [5.41, 5.74) is 6.18. The van der Waals surface area contributed by atoms with Gasteiger partial charge in [-0.1, -0.05) is 6.07 Å². The number of carbonyl (C=O) groups is 1. The molecular formula is C21H23F3N6O2. The van der Waals surface area contributed by atoms with E-state index in [1.54, 1.807) is 11.9 Å². The van der Waals surface area contributed by atoms with Gasteiger partial charge in [-0.2, -0.15) is 9.37 Å². The molecule has 2 N–H and O–H groups in total. The van der Waals surface area contributed by atoms with Gasteiger partial charge in [-0.15, -0.1) is 0 Å². The number of halogens is 3. The van der Waals surface area contributed by atoms with Crippen molar-refractivity contribution in [1.29, 1.82) is 0 Å². The van der Waals surface area contributed by atoms with Crippen LogP contribution in [-0.4, -0.2) is 54.5 Å². The van der Waals surface area contributed by atoms with Crippen molar-refractivity contribution in [3.63, 3.8) is 0 Å². The van der Waals surface area contributed by atoms with Gasteiger partial charge in [0.2, 0.25) is 17.7 Å². The lowest BCUT2D eigenvalue weighted by Crippen LogP contribution is -2.50. The molecule has 0 unspecified atom stereocenters. The number of nitrogens with zero attached hydrogens (tertiary/aromatic N) is 5. The summed E-state index contributed by atoms with van der Waals surface area (Å²) < 4.78 is 47.6. The van der Waals surface area contributed by atoms with E-state index in [0.717, 1.165) is 25.0 Å². The van der Waals surface area contributed by atoms with Gasteiger partial charge in [0.15, 0.2) is 5.96 Å². The Morgan fingerprint density at radius 2 is 1.97 bits per heavy atom. The molecule has 0 bridgehead atoms. The van der Waals surface area contributed by atoms with E-state index in [0.29, 0.717) is 0 Å². The van der Waals surface area contributed by atoms with Crippen LogP contribution in [0.4, 0.5) is 19.1 Å². The molecule has 2 aliphatic rings. The largest absolute Gasteiger partial charge is 0.479 e. The fraction of sp³-hybridized carbons (Fsp3) is 0.429. The average Bonchev–Trinajstić information content (AvgIpc) is 3.59. The van der Waals surface area contributed by atoms with Crippen LogP contribution in [0.1, 0.15) is 36.1 Å². The molecule has 2 atom stereocenters. The highest BCUT2D eigenvalue weighted by atomic mass is 19.1. The van der Waals surface area contributed by atoms with E-state index in [2.05, 4.69) is 15.0 Å². The summed E-state index contributed by atoms with van der Waals surface area (Å²) in [6.07, 6.45) is 1.65. The number of methoxy groups -OCH3 is 1. The molecular weight excluding hydrogens is 425 g/mol. The van der Waals surface area contributed by atoms with Crippen molar-refractivity contribution in [3.8, 4) is 5.88 Å². The summed E-state index contributed by atoms with van der Waals surface area (Å²) >= 11 is 0. The van der Waals surface area contributed by atoms with Gasteiger partial charge in [0, 0.05) is 38.2 Å². The molecule has 1 amide bonds. The van der Waals surface area contributed by atoms with E-state index in [-0.39, 0.29) is 41.5 Å². The molecule has 11 heteroatoms. The Morgan fingerprint density at radius 3 is 2.59 bits per heavy atom. The molecule has 1 saturated carbocycles. The van der Waals surface area contributed by atoms with Crippen LogP contribution in [0.15, 0.2) is 23.2 Å². The Labute approximate surface area is 182 Å². The van der Waals surface area contributed by atoms with E-state index in [1.807, 2.05) is 0 Å². The number of aliphatic imine (C=N–C) groups is 1. The van der Waals surface area contributed by atoms with Crippen LogP contribution in [0.2, 0.25) is 0 Å². The van der Waals surface area contributed by atoms with Crippen molar-refractivity contribution in [2.45, 2.75) is 24.8 Å². The molecule has 1 fully saturated rings. The fourth-order valence-electron chi connectivity index (χ4n) is 3.76. The second kappa shape index (κ2) is 8.29. The first-order valence-electron chi connectivity index (χ1n) is 10.1. The minimum Gasteiger partial charge on any atom is -0.479 e. The number of aromatic nitrogens is 2. The highest BCUT2D eigenvalue weighted by Crippen LogP contribution is 2.42. The predicted molar refractivity (Wildman–Crippen MR) is 111 cm³/mol. The third-order valence-corrected chi connectivity index (χ3v) is 5.73. The van der Waals surface area contributed by atoms with Crippen molar-refractivity contribution in [1.82, 2.24) is 14.9 Å². The van der Waals surface area contributed by atoms with Gasteiger partial charge in [-0.3, -0.25) is 9.69 Å². The summed E-state index contributed by atoms with van der Waals surface area (Å²) in [4.78, 5) is 28.5. The lowest BCUT2D eigenvalue weighted by atomic mass is 9.90. The molecule has 4 rings (SSSR count). The number of guanidine groups is 1. The van der Waals surface area contributed by atoms with Gasteiger partial charge >= 0.3 is 0 Å². The minimum atomic E-state index is -0.980. The average molecular weight is 448 g/mol. The Morgan fingerprint density at radius 1 is 1.25 bits per heavy atom. The predicted octanol–water partition coefficient (Wildman–Crippen LogP) is 2.36. The highest BCUT2D eigenvalue weighted by molar-refractivity contribution is 5.99. The maximum atomic E-state index is 14.5.